The number of rotatable bonds is 7. The van der Waals surface area contributed by atoms with Gasteiger partial charge in [0, 0.05) is 20.9 Å². The fourth-order valence-electron chi connectivity index (χ4n) is 3.80. The Bertz CT molecular complexity index is 1580. The van der Waals surface area contributed by atoms with Crippen LogP contribution in [-0.2, 0) is 10.9 Å². The number of hydrogen-bond acceptors (Lipinski definition) is 2. The molecule has 0 fully saturated rings. The summed E-state index contributed by atoms with van der Waals surface area (Å²) >= 11 is 7.77. The van der Waals surface area contributed by atoms with Gasteiger partial charge >= 0.3 is 7.25 Å². The minimum absolute atomic E-state index is 0.111. The van der Waals surface area contributed by atoms with Crippen molar-refractivity contribution < 1.29 is 30.8 Å². The second kappa shape index (κ2) is 14.0. The number of carbonyl (C=O) groups is 1. The van der Waals surface area contributed by atoms with Gasteiger partial charge in [0.1, 0.15) is 11.6 Å². The van der Waals surface area contributed by atoms with Gasteiger partial charge in [-0.25, -0.2) is 8.78 Å². The third-order valence-electron chi connectivity index (χ3n) is 5.63. The van der Waals surface area contributed by atoms with Crippen molar-refractivity contribution in [2.24, 2.45) is 0 Å². The van der Waals surface area contributed by atoms with Gasteiger partial charge in [-0.15, -0.1) is 0 Å². The minimum Gasteiger partial charge on any atom is -0.418 e. The van der Waals surface area contributed by atoms with Crippen LogP contribution in [0.5, 0.6) is 0 Å². The van der Waals surface area contributed by atoms with Crippen molar-refractivity contribution >= 4 is 47.3 Å². The van der Waals surface area contributed by atoms with Crippen molar-refractivity contribution in [1.82, 2.24) is 0 Å². The molecular weight excluding hydrogens is 613 g/mol. The van der Waals surface area contributed by atoms with Crippen LogP contribution >= 0.6 is 23.4 Å². The topological polar surface area (TPSA) is 17.1 Å². The van der Waals surface area contributed by atoms with Crippen LogP contribution in [0.4, 0.5) is 26.0 Å². The normalized spacial score (nSPS) is 11.1. The Morgan fingerprint density at radius 1 is 0.595 bits per heavy atom. The van der Waals surface area contributed by atoms with E-state index < -0.39 is 18.1 Å². The summed E-state index contributed by atoms with van der Waals surface area (Å²) < 4.78 is 66.1. The third-order valence-corrected chi connectivity index (χ3v) is 9.20. The van der Waals surface area contributed by atoms with Crippen molar-refractivity contribution in [3.8, 4) is 0 Å². The lowest BCUT2D eigenvalue weighted by molar-refractivity contribution is 0.103. The van der Waals surface area contributed by atoms with Crippen molar-refractivity contribution in [3.63, 3.8) is 0 Å². The fourth-order valence-corrected chi connectivity index (χ4v) is 6.88. The van der Waals surface area contributed by atoms with E-state index >= 15 is 0 Å². The van der Waals surface area contributed by atoms with E-state index in [-0.39, 0.29) is 17.4 Å². The van der Waals surface area contributed by atoms with Crippen molar-refractivity contribution in [3.05, 3.63) is 149 Å². The summed E-state index contributed by atoms with van der Waals surface area (Å²) in [6.45, 7) is 0. The molecule has 0 aliphatic rings. The van der Waals surface area contributed by atoms with Crippen LogP contribution in [-0.4, -0.2) is 13.0 Å². The zero-order valence-electron chi connectivity index (χ0n) is 21.5. The highest BCUT2D eigenvalue weighted by Crippen LogP contribution is 2.34. The predicted octanol–water partition coefficient (Wildman–Crippen LogP) is 10.4. The van der Waals surface area contributed by atoms with Gasteiger partial charge in [-0.2, -0.15) is 0 Å². The van der Waals surface area contributed by atoms with Crippen LogP contribution < -0.4 is 0 Å². The Labute approximate surface area is 251 Å². The summed E-state index contributed by atoms with van der Waals surface area (Å²) in [6, 6.07) is 35.5. The quantitative estimate of drug-likeness (QED) is 0.0769. The molecule has 0 bridgehead atoms. The molecule has 5 rings (SSSR count). The molecule has 0 spiro atoms. The molecule has 0 amide bonds. The van der Waals surface area contributed by atoms with Gasteiger partial charge in [0.25, 0.3) is 0 Å². The molecule has 5 aromatic rings. The molecule has 0 unspecified atom stereocenters. The SMILES string of the molecule is F[B-](F)(F)F.O=C(c1ccc(Sc2ccc([S+](c3ccc(F)cc3)c3ccc(F)cc3)cc2)cc1)c1ccccc1Cl. The first kappa shape index (κ1) is 31.3. The molecule has 0 radical (unpaired) electrons. The summed E-state index contributed by atoms with van der Waals surface area (Å²) in [5, 5.41) is 0.436. The molecule has 11 heteroatoms. The molecule has 0 aliphatic carbocycles. The van der Waals surface area contributed by atoms with E-state index in [1.165, 1.54) is 24.3 Å². The summed E-state index contributed by atoms with van der Waals surface area (Å²) in [5.74, 6) is -0.699. The van der Waals surface area contributed by atoms with E-state index in [2.05, 4.69) is 0 Å². The second-order valence-electron chi connectivity index (χ2n) is 8.62. The van der Waals surface area contributed by atoms with E-state index in [4.69, 9.17) is 11.6 Å². The zero-order chi connectivity index (χ0) is 30.3. The van der Waals surface area contributed by atoms with Gasteiger partial charge in [0.2, 0.25) is 0 Å². The molecule has 5 aromatic carbocycles. The maximum atomic E-state index is 13.6. The highest BCUT2D eigenvalue weighted by molar-refractivity contribution is 7.99. The molecule has 0 atom stereocenters. The zero-order valence-corrected chi connectivity index (χ0v) is 23.9. The van der Waals surface area contributed by atoms with E-state index in [0.29, 0.717) is 16.1 Å². The molecule has 0 heterocycles. The van der Waals surface area contributed by atoms with Gasteiger partial charge in [-0.3, -0.25) is 4.79 Å². The number of halogens is 7. The van der Waals surface area contributed by atoms with E-state index in [0.717, 1.165) is 24.5 Å². The van der Waals surface area contributed by atoms with Gasteiger partial charge in [-0.1, -0.05) is 35.5 Å². The molecule has 0 aliphatic heterocycles. The third kappa shape index (κ3) is 8.95. The number of benzene rings is 5. The van der Waals surface area contributed by atoms with Gasteiger partial charge < -0.3 is 17.3 Å². The number of ketones is 1. The van der Waals surface area contributed by atoms with E-state index in [9.17, 15) is 30.8 Å². The smallest absolute Gasteiger partial charge is 0.418 e. The molecule has 1 nitrogen and oxygen atoms in total. The lowest BCUT2D eigenvalue weighted by atomic mass is 10.0. The van der Waals surface area contributed by atoms with Gasteiger partial charge in [0.05, 0.1) is 15.9 Å². The average molecular weight is 633 g/mol. The first-order valence-corrected chi connectivity index (χ1v) is 14.7. The fraction of sp³-hybridized carbons (Fsp3) is 0. The Hall–Kier alpha value is -3.60. The van der Waals surface area contributed by atoms with Crippen molar-refractivity contribution in [2.45, 2.75) is 24.5 Å². The molecule has 214 valence electrons. The minimum atomic E-state index is -6.00. The summed E-state index contributed by atoms with van der Waals surface area (Å²) in [4.78, 5) is 17.8. The Morgan fingerprint density at radius 2 is 0.976 bits per heavy atom. The molecular formula is C31H20BClF6OS2. The first-order valence-electron chi connectivity index (χ1n) is 12.3. The van der Waals surface area contributed by atoms with Gasteiger partial charge in [0.15, 0.2) is 20.5 Å². The largest absolute Gasteiger partial charge is 0.673 e. The maximum absolute atomic E-state index is 13.6. The molecule has 42 heavy (non-hydrogen) atoms. The summed E-state index contributed by atoms with van der Waals surface area (Å²) in [5.41, 5.74) is 1.06. The predicted molar refractivity (Wildman–Crippen MR) is 157 cm³/mol. The summed E-state index contributed by atoms with van der Waals surface area (Å²) in [7, 11) is -6.51. The molecule has 0 aromatic heterocycles. The van der Waals surface area contributed by atoms with E-state index in [1.54, 1.807) is 60.3 Å². The number of carbonyl (C=O) groups excluding carboxylic acids is 1. The molecule has 0 saturated carbocycles. The maximum Gasteiger partial charge on any atom is 0.673 e. The van der Waals surface area contributed by atoms with Crippen LogP contribution in [0.2, 0.25) is 5.02 Å². The summed E-state index contributed by atoms with van der Waals surface area (Å²) in [6.07, 6.45) is 0. The van der Waals surface area contributed by atoms with Crippen LogP contribution in [0.15, 0.2) is 146 Å². The lowest BCUT2D eigenvalue weighted by Gasteiger charge is -2.09. The average Bonchev–Trinajstić information content (AvgIpc) is 2.95. The number of hydrogen-bond donors (Lipinski definition) is 0. The van der Waals surface area contributed by atoms with Crippen molar-refractivity contribution in [1.29, 1.82) is 0 Å². The van der Waals surface area contributed by atoms with E-state index in [1.807, 2.05) is 48.5 Å². The highest BCUT2D eigenvalue weighted by atomic mass is 35.5. The Kier molecular flexibility index (Phi) is 10.5. The van der Waals surface area contributed by atoms with Crippen molar-refractivity contribution in [2.75, 3.05) is 0 Å². The Balaban J connectivity index is 0.000000748. The first-order chi connectivity index (χ1) is 20.0. The molecule has 0 N–H and O–H groups in total. The standard InChI is InChI=1S/C31H20ClF2OS2.BF4/c32-30-4-2-1-3-29(30)31(35)21-5-11-24(12-6-21)36-25-13-19-28(20-14-25)37(26-15-7-22(33)8-16-26)27-17-9-23(34)10-18-27;2-1(3,4)5/h1-20H;/q+1;-1. The van der Waals surface area contributed by atoms with Crippen LogP contribution in [0.25, 0.3) is 0 Å². The second-order valence-corrected chi connectivity index (χ2v) is 12.2. The Morgan fingerprint density at radius 3 is 1.40 bits per heavy atom. The van der Waals surface area contributed by atoms with Crippen LogP contribution in [0.3, 0.4) is 0 Å². The van der Waals surface area contributed by atoms with Crippen LogP contribution in [0.1, 0.15) is 15.9 Å². The lowest BCUT2D eigenvalue weighted by Crippen LogP contribution is -2.05. The van der Waals surface area contributed by atoms with Crippen LogP contribution in [0, 0.1) is 11.6 Å². The highest BCUT2D eigenvalue weighted by Gasteiger charge is 2.29. The monoisotopic (exact) mass is 632 g/mol. The van der Waals surface area contributed by atoms with Gasteiger partial charge in [-0.05, 0) is 109 Å². The molecule has 0 saturated heterocycles.